The first kappa shape index (κ1) is 13.0. The van der Waals surface area contributed by atoms with Gasteiger partial charge in [0.1, 0.15) is 0 Å². The lowest BCUT2D eigenvalue weighted by atomic mass is 9.90. The standard InChI is InChI=1S/C20H12O2S/c21-23(22)18-11-10-16-14-7-2-5-12-4-1-6-13(19(12)14)15-8-3-9-17(18)20(15)16/h1-11H,(H,21,22). The third kappa shape index (κ3) is 1.63. The number of hydrogen-bond donors (Lipinski definition) is 1. The monoisotopic (exact) mass is 316 g/mol. The van der Waals surface area contributed by atoms with Gasteiger partial charge in [-0.05, 0) is 43.8 Å². The summed E-state index contributed by atoms with van der Waals surface area (Å²) in [5.74, 6) is 0. The van der Waals surface area contributed by atoms with Crippen molar-refractivity contribution < 1.29 is 8.76 Å². The number of hydrogen-bond acceptors (Lipinski definition) is 1. The Morgan fingerprint density at radius 2 is 1.13 bits per heavy atom. The lowest BCUT2D eigenvalue weighted by Crippen LogP contribution is -1.93. The average molecular weight is 316 g/mol. The molecule has 23 heavy (non-hydrogen) atoms. The van der Waals surface area contributed by atoms with Crippen LogP contribution in [0, 0.1) is 0 Å². The molecular formula is C20H12O2S. The molecule has 0 amide bonds. The first-order chi connectivity index (χ1) is 11.3. The van der Waals surface area contributed by atoms with E-state index in [1.807, 2.05) is 18.2 Å². The fraction of sp³-hybridized carbons (Fsp3) is 0. The van der Waals surface area contributed by atoms with Crippen molar-refractivity contribution in [1.82, 2.24) is 0 Å². The van der Waals surface area contributed by atoms with Crippen molar-refractivity contribution in [3.05, 3.63) is 66.7 Å². The van der Waals surface area contributed by atoms with Crippen LogP contribution in [0.2, 0.25) is 0 Å². The number of rotatable bonds is 1. The van der Waals surface area contributed by atoms with Gasteiger partial charge in [-0.2, -0.15) is 0 Å². The first-order valence-electron chi connectivity index (χ1n) is 7.45. The quantitative estimate of drug-likeness (QED) is 0.258. The third-order valence-electron chi connectivity index (χ3n) is 4.67. The lowest BCUT2D eigenvalue weighted by Gasteiger charge is -2.15. The smallest absolute Gasteiger partial charge is 0.187 e. The maximum atomic E-state index is 11.7. The summed E-state index contributed by atoms with van der Waals surface area (Å²) in [6, 6.07) is 22.4. The summed E-state index contributed by atoms with van der Waals surface area (Å²) in [6.07, 6.45) is 0. The highest BCUT2D eigenvalue weighted by molar-refractivity contribution is 7.79. The molecule has 0 fully saturated rings. The molecule has 0 aliphatic rings. The van der Waals surface area contributed by atoms with Crippen LogP contribution in [0.15, 0.2) is 71.6 Å². The van der Waals surface area contributed by atoms with E-state index in [0.717, 1.165) is 21.5 Å². The Morgan fingerprint density at radius 1 is 0.609 bits per heavy atom. The van der Waals surface area contributed by atoms with Gasteiger partial charge in [-0.25, -0.2) is 4.21 Å². The molecule has 110 valence electrons. The molecule has 5 rings (SSSR count). The number of benzene rings is 5. The van der Waals surface area contributed by atoms with Crippen molar-refractivity contribution in [3.63, 3.8) is 0 Å². The molecule has 2 nitrogen and oxygen atoms in total. The van der Waals surface area contributed by atoms with Crippen LogP contribution in [0.25, 0.3) is 43.1 Å². The average Bonchev–Trinajstić information content (AvgIpc) is 2.58. The van der Waals surface area contributed by atoms with Crippen molar-refractivity contribution in [2.45, 2.75) is 4.90 Å². The van der Waals surface area contributed by atoms with Crippen LogP contribution in [0.5, 0.6) is 0 Å². The Hall–Kier alpha value is -2.49. The van der Waals surface area contributed by atoms with E-state index in [0.29, 0.717) is 4.90 Å². The van der Waals surface area contributed by atoms with Gasteiger partial charge in [0, 0.05) is 5.39 Å². The summed E-state index contributed by atoms with van der Waals surface area (Å²) in [4.78, 5) is 0.470. The second kappa shape index (κ2) is 4.51. The highest BCUT2D eigenvalue weighted by Crippen LogP contribution is 2.41. The highest BCUT2D eigenvalue weighted by Gasteiger charge is 2.15. The summed E-state index contributed by atoms with van der Waals surface area (Å²) in [6.45, 7) is 0. The predicted octanol–water partition coefficient (Wildman–Crippen LogP) is 5.32. The molecule has 1 N–H and O–H groups in total. The van der Waals surface area contributed by atoms with Crippen molar-refractivity contribution in [1.29, 1.82) is 0 Å². The molecule has 1 unspecified atom stereocenters. The number of fused-ring (bicyclic) bond motifs is 2. The predicted molar refractivity (Wildman–Crippen MR) is 96.7 cm³/mol. The molecule has 3 heteroatoms. The van der Waals surface area contributed by atoms with Crippen LogP contribution in [-0.2, 0) is 11.1 Å². The van der Waals surface area contributed by atoms with E-state index in [2.05, 4.69) is 42.5 Å². The topological polar surface area (TPSA) is 37.3 Å². The van der Waals surface area contributed by atoms with Gasteiger partial charge in [-0.15, -0.1) is 0 Å². The van der Waals surface area contributed by atoms with Crippen LogP contribution in [0.3, 0.4) is 0 Å². The van der Waals surface area contributed by atoms with E-state index in [4.69, 9.17) is 0 Å². The molecule has 0 saturated carbocycles. The summed E-state index contributed by atoms with van der Waals surface area (Å²) in [7, 11) is 0. The van der Waals surface area contributed by atoms with E-state index >= 15 is 0 Å². The van der Waals surface area contributed by atoms with Crippen LogP contribution in [-0.4, -0.2) is 8.76 Å². The molecule has 0 saturated heterocycles. The Bertz CT molecular complexity index is 1190. The summed E-state index contributed by atoms with van der Waals surface area (Å²) in [5, 5.41) is 9.05. The fourth-order valence-electron chi connectivity index (χ4n) is 3.77. The zero-order valence-corrected chi connectivity index (χ0v) is 12.9. The fourth-order valence-corrected chi connectivity index (χ4v) is 4.31. The SMILES string of the molecule is O=S(O)c1ccc2c3cccc4cccc(c5cccc1c52)c43. The van der Waals surface area contributed by atoms with E-state index < -0.39 is 11.1 Å². The molecular weight excluding hydrogens is 304 g/mol. The van der Waals surface area contributed by atoms with Gasteiger partial charge in [0.2, 0.25) is 0 Å². The maximum Gasteiger partial charge on any atom is 0.187 e. The van der Waals surface area contributed by atoms with Gasteiger partial charge in [0.15, 0.2) is 11.1 Å². The molecule has 0 aliphatic carbocycles. The zero-order chi connectivity index (χ0) is 15.6. The first-order valence-corrected chi connectivity index (χ1v) is 8.55. The van der Waals surface area contributed by atoms with Gasteiger partial charge in [0.25, 0.3) is 0 Å². The summed E-state index contributed by atoms with van der Waals surface area (Å²) in [5.41, 5.74) is 0. The van der Waals surface area contributed by atoms with Crippen LogP contribution in [0.1, 0.15) is 0 Å². The van der Waals surface area contributed by atoms with Crippen LogP contribution >= 0.6 is 0 Å². The van der Waals surface area contributed by atoms with Crippen molar-refractivity contribution >= 4 is 54.2 Å². The molecule has 0 spiro atoms. The Labute approximate surface area is 135 Å². The van der Waals surface area contributed by atoms with E-state index in [1.54, 1.807) is 6.07 Å². The minimum absolute atomic E-state index is 0.470. The molecule has 0 aliphatic heterocycles. The molecule has 5 aromatic carbocycles. The van der Waals surface area contributed by atoms with E-state index in [1.165, 1.54) is 21.5 Å². The van der Waals surface area contributed by atoms with Crippen LogP contribution in [0.4, 0.5) is 0 Å². The lowest BCUT2D eigenvalue weighted by molar-refractivity contribution is 0.565. The zero-order valence-electron chi connectivity index (χ0n) is 12.1. The van der Waals surface area contributed by atoms with Gasteiger partial charge < -0.3 is 4.55 Å². The maximum absolute atomic E-state index is 11.7. The van der Waals surface area contributed by atoms with Gasteiger partial charge in [0.05, 0.1) is 4.90 Å². The van der Waals surface area contributed by atoms with Gasteiger partial charge in [-0.1, -0.05) is 60.7 Å². The normalized spacial score (nSPS) is 13.4. The molecule has 0 aromatic heterocycles. The summed E-state index contributed by atoms with van der Waals surface area (Å²) < 4.78 is 21.3. The third-order valence-corrected chi connectivity index (χ3v) is 5.41. The molecule has 0 radical (unpaired) electrons. The van der Waals surface area contributed by atoms with E-state index in [9.17, 15) is 8.76 Å². The van der Waals surface area contributed by atoms with Gasteiger partial charge in [-0.3, -0.25) is 0 Å². The van der Waals surface area contributed by atoms with Crippen LogP contribution < -0.4 is 0 Å². The second-order valence-corrected chi connectivity index (χ2v) is 6.74. The van der Waals surface area contributed by atoms with Crippen molar-refractivity contribution in [2.24, 2.45) is 0 Å². The Balaban J connectivity index is 2.21. The summed E-state index contributed by atoms with van der Waals surface area (Å²) >= 11 is -1.99. The molecule has 0 bridgehead atoms. The Kier molecular flexibility index (Phi) is 2.55. The van der Waals surface area contributed by atoms with Crippen molar-refractivity contribution in [2.75, 3.05) is 0 Å². The highest BCUT2D eigenvalue weighted by atomic mass is 32.2. The largest absolute Gasteiger partial charge is 0.302 e. The molecule has 5 aromatic rings. The minimum Gasteiger partial charge on any atom is -0.302 e. The Morgan fingerprint density at radius 3 is 1.78 bits per heavy atom. The minimum atomic E-state index is -1.99. The molecule has 1 atom stereocenters. The van der Waals surface area contributed by atoms with Gasteiger partial charge >= 0.3 is 0 Å². The molecule has 0 heterocycles. The second-order valence-electron chi connectivity index (χ2n) is 5.80. The van der Waals surface area contributed by atoms with E-state index in [-0.39, 0.29) is 0 Å². The van der Waals surface area contributed by atoms with Crippen molar-refractivity contribution in [3.8, 4) is 0 Å².